The van der Waals surface area contributed by atoms with Crippen LogP contribution in [0, 0.1) is 40.9 Å². The number of allylic oxidation sites excluding steroid dienone is 2. The van der Waals surface area contributed by atoms with Crippen LogP contribution in [0.4, 0.5) is 10.8 Å². The van der Waals surface area contributed by atoms with Crippen LogP contribution in [0.3, 0.4) is 0 Å². The normalized spacial score (nSPS) is 36.4. The van der Waals surface area contributed by atoms with Gasteiger partial charge in [0.05, 0.1) is 30.5 Å². The molecule has 2 N–H and O–H groups in total. The van der Waals surface area contributed by atoms with Gasteiger partial charge in [-0.05, 0) is 85.8 Å². The van der Waals surface area contributed by atoms with Crippen LogP contribution in [0.2, 0.25) is 0 Å². The minimum absolute atomic E-state index is 0.144. The third kappa shape index (κ3) is 3.22. The minimum atomic E-state index is -0.952. The lowest BCUT2D eigenvalue weighted by atomic mass is 9.47. The predicted octanol–water partition coefficient (Wildman–Crippen LogP) is 6.45. The maximum absolute atomic E-state index is 11.3. The first-order valence-corrected chi connectivity index (χ1v) is 14.0. The molecule has 4 aliphatic rings. The molecule has 0 amide bonds. The van der Waals surface area contributed by atoms with Crippen LogP contribution in [0.1, 0.15) is 62.9 Å². The Hall–Kier alpha value is -2.49. The van der Waals surface area contributed by atoms with E-state index in [-0.39, 0.29) is 10.8 Å². The van der Waals surface area contributed by atoms with Crippen LogP contribution in [-0.4, -0.2) is 29.9 Å². The fourth-order valence-corrected chi connectivity index (χ4v) is 9.41. The van der Waals surface area contributed by atoms with Crippen LogP contribution in [-0.2, 0) is 6.42 Å². The molecule has 6 rings (SSSR count). The summed E-state index contributed by atoms with van der Waals surface area (Å²) < 4.78 is 11.0. The summed E-state index contributed by atoms with van der Waals surface area (Å²) in [5, 5.41) is 15.7. The first-order chi connectivity index (χ1) is 17.3. The summed E-state index contributed by atoms with van der Waals surface area (Å²) in [6.45, 7) is 4.75. The molecule has 2 saturated carbocycles. The first-order valence-electron chi connectivity index (χ1n) is 13.2. The monoisotopic (exact) mass is 504 g/mol. The third-order valence-electron chi connectivity index (χ3n) is 10.3. The highest BCUT2D eigenvalue weighted by molar-refractivity contribution is 7.16. The number of rotatable bonds is 4. The van der Waals surface area contributed by atoms with Crippen molar-refractivity contribution in [3.8, 4) is 23.8 Å². The van der Waals surface area contributed by atoms with Gasteiger partial charge in [-0.1, -0.05) is 37.2 Å². The second-order valence-corrected chi connectivity index (χ2v) is 12.6. The van der Waals surface area contributed by atoms with Gasteiger partial charge in [-0.15, -0.1) is 6.42 Å². The van der Waals surface area contributed by atoms with Crippen LogP contribution >= 0.6 is 11.3 Å². The van der Waals surface area contributed by atoms with Crippen molar-refractivity contribution < 1.29 is 14.6 Å². The molecule has 6 atom stereocenters. The summed E-state index contributed by atoms with van der Waals surface area (Å²) in [4.78, 5) is 6.35. The van der Waals surface area contributed by atoms with Crippen molar-refractivity contribution in [2.24, 2.45) is 28.6 Å². The van der Waals surface area contributed by atoms with E-state index in [4.69, 9.17) is 20.9 Å². The molecule has 6 heteroatoms. The lowest BCUT2D eigenvalue weighted by Gasteiger charge is -2.57. The van der Waals surface area contributed by atoms with Gasteiger partial charge in [-0.2, -0.15) is 0 Å². The smallest absolute Gasteiger partial charge is 0.188 e. The molecule has 2 fully saturated rings. The Morgan fingerprint density at radius 1 is 1.14 bits per heavy atom. The molecule has 1 aromatic heterocycles. The van der Waals surface area contributed by atoms with E-state index in [1.807, 2.05) is 18.2 Å². The number of ether oxygens (including phenoxy) is 2. The van der Waals surface area contributed by atoms with Gasteiger partial charge < -0.3 is 19.9 Å². The second kappa shape index (κ2) is 8.26. The van der Waals surface area contributed by atoms with Gasteiger partial charge in [0.2, 0.25) is 0 Å². The first kappa shape index (κ1) is 23.9. The molecule has 5 nitrogen and oxygen atoms in total. The van der Waals surface area contributed by atoms with Gasteiger partial charge in [0.1, 0.15) is 17.1 Å². The SMILES string of the molecule is C#C[C@]1(O)CC[C@H]2[C@@H]3CC=C4c5sc(Nc6cc(OC)ccc6OC)nc5CC[C@]4(C)[C@H]3CC[C@@]21C. The molecule has 0 spiro atoms. The molecule has 2 aromatic rings. The van der Waals surface area contributed by atoms with Gasteiger partial charge in [0.15, 0.2) is 5.13 Å². The topological polar surface area (TPSA) is 63.6 Å². The number of benzene rings is 1. The fraction of sp³-hybridized carbons (Fsp3) is 0.567. The molecule has 1 aromatic carbocycles. The van der Waals surface area contributed by atoms with Crippen molar-refractivity contribution in [1.29, 1.82) is 0 Å². The minimum Gasteiger partial charge on any atom is -0.497 e. The summed E-state index contributed by atoms with van der Waals surface area (Å²) in [5.41, 5.74) is 2.58. The van der Waals surface area contributed by atoms with Gasteiger partial charge in [0.25, 0.3) is 0 Å². The van der Waals surface area contributed by atoms with Crippen LogP contribution in [0.5, 0.6) is 11.5 Å². The Morgan fingerprint density at radius 2 is 1.94 bits per heavy atom. The quantitative estimate of drug-likeness (QED) is 0.469. The summed E-state index contributed by atoms with van der Waals surface area (Å²) in [5.74, 6) is 6.06. The van der Waals surface area contributed by atoms with E-state index < -0.39 is 5.60 Å². The lowest BCUT2D eigenvalue weighted by Crippen LogP contribution is -2.53. The molecule has 1 heterocycles. The number of hydrogen-bond acceptors (Lipinski definition) is 6. The van der Waals surface area contributed by atoms with E-state index in [1.165, 1.54) is 16.1 Å². The van der Waals surface area contributed by atoms with Crippen LogP contribution < -0.4 is 14.8 Å². The molecule has 0 saturated heterocycles. The van der Waals surface area contributed by atoms with Gasteiger partial charge in [-0.3, -0.25) is 0 Å². The molecule has 190 valence electrons. The van der Waals surface area contributed by atoms with Crippen molar-refractivity contribution in [2.75, 3.05) is 19.5 Å². The number of methoxy groups -OCH3 is 2. The number of anilines is 2. The van der Waals surface area contributed by atoms with Crippen LogP contribution in [0.25, 0.3) is 5.57 Å². The van der Waals surface area contributed by atoms with Crippen molar-refractivity contribution in [3.63, 3.8) is 0 Å². The number of nitrogens with zero attached hydrogens (tertiary/aromatic N) is 1. The fourth-order valence-electron chi connectivity index (χ4n) is 8.21. The number of terminal acetylenes is 1. The molecule has 4 aliphatic carbocycles. The molecule has 0 aliphatic heterocycles. The number of fused-ring (bicyclic) bond motifs is 7. The summed E-state index contributed by atoms with van der Waals surface area (Å²) in [6, 6.07) is 5.76. The zero-order valence-electron chi connectivity index (χ0n) is 21.7. The number of aryl methyl sites for hydroxylation is 1. The van der Waals surface area contributed by atoms with E-state index in [0.29, 0.717) is 17.8 Å². The molecule has 0 radical (unpaired) electrons. The molecular weight excluding hydrogens is 468 g/mol. The number of aromatic nitrogens is 1. The largest absolute Gasteiger partial charge is 0.497 e. The van der Waals surface area contributed by atoms with E-state index in [9.17, 15) is 5.11 Å². The lowest BCUT2D eigenvalue weighted by molar-refractivity contribution is -0.0886. The summed E-state index contributed by atoms with van der Waals surface area (Å²) in [7, 11) is 3.35. The standard InChI is InChI=1S/C30H36N2O3S/c1-6-30(33)16-12-21-19-8-9-22-26-23(13-14-28(22,2)20(19)11-15-29(21,30)3)31-27(36-26)32-24-17-18(34-4)7-10-25(24)35-5/h1,7,9-10,17,19-21,33H,8,11-16H2,2-5H3,(H,31,32)/t19-,20+,21+,28-,29+,30+/m1/s1. The maximum atomic E-state index is 11.3. The second-order valence-electron chi connectivity index (χ2n) is 11.6. The summed E-state index contributed by atoms with van der Waals surface area (Å²) in [6.07, 6.45) is 15.5. The number of nitrogens with one attached hydrogen (secondary N) is 1. The average molecular weight is 505 g/mol. The Balaban J connectivity index is 1.32. The zero-order valence-corrected chi connectivity index (χ0v) is 22.5. The average Bonchev–Trinajstić information content (AvgIpc) is 3.41. The number of aliphatic hydroxyl groups is 1. The van der Waals surface area contributed by atoms with Crippen molar-refractivity contribution in [2.45, 2.75) is 64.4 Å². The van der Waals surface area contributed by atoms with Crippen LogP contribution in [0.15, 0.2) is 24.3 Å². The van der Waals surface area contributed by atoms with Crippen molar-refractivity contribution in [3.05, 3.63) is 34.8 Å². The highest BCUT2D eigenvalue weighted by Gasteiger charge is 2.63. The summed E-state index contributed by atoms with van der Waals surface area (Å²) >= 11 is 1.76. The van der Waals surface area contributed by atoms with E-state index in [0.717, 1.165) is 67.3 Å². The number of hydrogen-bond donors (Lipinski definition) is 2. The Morgan fingerprint density at radius 3 is 2.69 bits per heavy atom. The van der Waals surface area contributed by atoms with E-state index >= 15 is 0 Å². The highest BCUT2D eigenvalue weighted by Crippen LogP contribution is 2.68. The molecule has 0 unspecified atom stereocenters. The Labute approximate surface area is 218 Å². The number of thiazole rings is 1. The predicted molar refractivity (Wildman–Crippen MR) is 145 cm³/mol. The van der Waals surface area contributed by atoms with Gasteiger partial charge >= 0.3 is 0 Å². The van der Waals surface area contributed by atoms with Crippen molar-refractivity contribution in [1.82, 2.24) is 4.98 Å². The molecule has 0 bridgehead atoms. The zero-order chi connectivity index (χ0) is 25.3. The maximum Gasteiger partial charge on any atom is 0.188 e. The van der Waals surface area contributed by atoms with E-state index in [2.05, 4.69) is 31.2 Å². The van der Waals surface area contributed by atoms with Gasteiger partial charge in [0, 0.05) is 11.5 Å². The Kier molecular flexibility index (Phi) is 5.48. The molecule has 36 heavy (non-hydrogen) atoms. The Bertz CT molecular complexity index is 1280. The third-order valence-corrected chi connectivity index (χ3v) is 11.4. The van der Waals surface area contributed by atoms with Crippen molar-refractivity contribution >= 4 is 27.7 Å². The highest BCUT2D eigenvalue weighted by atomic mass is 32.1. The van der Waals surface area contributed by atoms with Gasteiger partial charge in [-0.25, -0.2) is 4.98 Å². The molecular formula is C30H36N2O3S. The van der Waals surface area contributed by atoms with E-state index in [1.54, 1.807) is 25.6 Å².